The van der Waals surface area contributed by atoms with E-state index < -0.39 is 0 Å². The fourth-order valence-corrected chi connectivity index (χ4v) is 2.66. The van der Waals surface area contributed by atoms with E-state index >= 15 is 0 Å². The van der Waals surface area contributed by atoms with Crippen LogP contribution in [0.15, 0.2) is 47.0 Å². The van der Waals surface area contributed by atoms with E-state index in [4.69, 9.17) is 9.26 Å². The third kappa shape index (κ3) is 3.94. The van der Waals surface area contributed by atoms with Gasteiger partial charge in [-0.25, -0.2) is 0 Å². The molecule has 3 aromatic rings. The van der Waals surface area contributed by atoms with Crippen LogP contribution in [0, 0.1) is 27.7 Å². The van der Waals surface area contributed by atoms with E-state index in [2.05, 4.69) is 10.5 Å². The van der Waals surface area contributed by atoms with Crippen LogP contribution in [0.4, 0.5) is 5.69 Å². The van der Waals surface area contributed by atoms with Crippen molar-refractivity contribution in [1.82, 2.24) is 5.16 Å². The highest BCUT2D eigenvalue weighted by atomic mass is 16.5. The lowest BCUT2D eigenvalue weighted by Gasteiger charge is -2.11. The van der Waals surface area contributed by atoms with Gasteiger partial charge in [-0.2, -0.15) is 0 Å². The molecule has 0 aliphatic rings. The van der Waals surface area contributed by atoms with Gasteiger partial charge in [-0.3, -0.25) is 4.79 Å². The highest BCUT2D eigenvalue weighted by molar-refractivity contribution is 6.04. The zero-order valence-corrected chi connectivity index (χ0v) is 15.4. The van der Waals surface area contributed by atoms with Crippen LogP contribution in [-0.4, -0.2) is 11.1 Å². The molecule has 134 valence electrons. The molecular weight excluding hydrogens is 328 g/mol. The molecule has 1 amide bonds. The van der Waals surface area contributed by atoms with Crippen LogP contribution < -0.4 is 10.1 Å². The SMILES string of the molecule is Cc1ccc(C)c(NC(=O)c2cccc(OCc3c(C)noc3C)c2)c1. The summed E-state index contributed by atoms with van der Waals surface area (Å²) in [6, 6.07) is 13.1. The number of hydrogen-bond donors (Lipinski definition) is 1. The highest BCUT2D eigenvalue weighted by Crippen LogP contribution is 2.21. The Bertz CT molecular complexity index is 925. The first kappa shape index (κ1) is 17.7. The van der Waals surface area contributed by atoms with Gasteiger partial charge in [-0.05, 0) is 63.1 Å². The van der Waals surface area contributed by atoms with Gasteiger partial charge in [0.2, 0.25) is 0 Å². The molecule has 5 heteroatoms. The summed E-state index contributed by atoms with van der Waals surface area (Å²) < 4.78 is 11.0. The lowest BCUT2D eigenvalue weighted by Crippen LogP contribution is -2.13. The first-order valence-corrected chi connectivity index (χ1v) is 8.47. The number of anilines is 1. The van der Waals surface area contributed by atoms with Gasteiger partial charge in [0.1, 0.15) is 18.1 Å². The maximum absolute atomic E-state index is 12.6. The minimum atomic E-state index is -0.165. The molecule has 0 bridgehead atoms. The Kier molecular flexibility index (Phi) is 5.07. The topological polar surface area (TPSA) is 64.4 Å². The van der Waals surface area contributed by atoms with Crippen LogP contribution in [0.5, 0.6) is 5.75 Å². The van der Waals surface area contributed by atoms with E-state index in [0.717, 1.165) is 33.8 Å². The van der Waals surface area contributed by atoms with Crippen molar-refractivity contribution in [2.24, 2.45) is 0 Å². The van der Waals surface area contributed by atoms with Crippen LogP contribution in [-0.2, 0) is 6.61 Å². The van der Waals surface area contributed by atoms with E-state index in [1.165, 1.54) is 0 Å². The number of rotatable bonds is 5. The van der Waals surface area contributed by atoms with Crippen molar-refractivity contribution in [2.45, 2.75) is 34.3 Å². The molecule has 2 aromatic carbocycles. The number of hydrogen-bond acceptors (Lipinski definition) is 4. The number of aryl methyl sites for hydroxylation is 4. The standard InChI is InChI=1S/C21H22N2O3/c1-13-8-9-14(2)20(10-13)22-21(24)17-6-5-7-18(11-17)25-12-19-15(3)23-26-16(19)4/h5-11H,12H2,1-4H3,(H,22,24). The van der Waals surface area contributed by atoms with Crippen molar-refractivity contribution < 1.29 is 14.1 Å². The molecule has 0 aliphatic heterocycles. The summed E-state index contributed by atoms with van der Waals surface area (Å²) in [4.78, 5) is 12.6. The van der Waals surface area contributed by atoms with E-state index in [1.807, 2.05) is 52.0 Å². The van der Waals surface area contributed by atoms with Crippen molar-refractivity contribution in [2.75, 3.05) is 5.32 Å². The highest BCUT2D eigenvalue weighted by Gasteiger charge is 2.12. The Hall–Kier alpha value is -3.08. The van der Waals surface area contributed by atoms with Crippen molar-refractivity contribution in [3.05, 3.63) is 76.2 Å². The molecule has 0 unspecified atom stereocenters. The average Bonchev–Trinajstić information content (AvgIpc) is 2.94. The molecule has 5 nitrogen and oxygen atoms in total. The molecular formula is C21H22N2O3. The number of amides is 1. The number of nitrogens with zero attached hydrogens (tertiary/aromatic N) is 1. The Balaban J connectivity index is 1.72. The van der Waals surface area contributed by atoms with Crippen LogP contribution in [0.25, 0.3) is 0 Å². The van der Waals surface area contributed by atoms with E-state index in [1.54, 1.807) is 18.2 Å². The normalized spacial score (nSPS) is 10.6. The number of ether oxygens (including phenoxy) is 1. The van der Waals surface area contributed by atoms with Crippen molar-refractivity contribution in [1.29, 1.82) is 0 Å². The van der Waals surface area contributed by atoms with Gasteiger partial charge in [-0.1, -0.05) is 23.4 Å². The minimum absolute atomic E-state index is 0.165. The van der Waals surface area contributed by atoms with Crippen LogP contribution in [0.1, 0.15) is 38.5 Å². The molecule has 0 saturated carbocycles. The maximum Gasteiger partial charge on any atom is 0.255 e. The number of carbonyl (C=O) groups is 1. The van der Waals surface area contributed by atoms with Crippen LogP contribution in [0.2, 0.25) is 0 Å². The Morgan fingerprint density at radius 1 is 1.12 bits per heavy atom. The summed E-state index contributed by atoms with van der Waals surface area (Å²) >= 11 is 0. The molecule has 0 aliphatic carbocycles. The van der Waals surface area contributed by atoms with Crippen LogP contribution in [0.3, 0.4) is 0 Å². The monoisotopic (exact) mass is 350 g/mol. The Morgan fingerprint density at radius 2 is 1.92 bits per heavy atom. The minimum Gasteiger partial charge on any atom is -0.489 e. The van der Waals surface area contributed by atoms with Gasteiger partial charge >= 0.3 is 0 Å². The van der Waals surface area contributed by atoms with E-state index in [0.29, 0.717) is 17.9 Å². The number of carbonyl (C=O) groups excluding carboxylic acids is 1. The number of aromatic nitrogens is 1. The van der Waals surface area contributed by atoms with Crippen molar-refractivity contribution in [3.63, 3.8) is 0 Å². The summed E-state index contributed by atoms with van der Waals surface area (Å²) in [7, 11) is 0. The van der Waals surface area contributed by atoms with E-state index in [-0.39, 0.29) is 5.91 Å². The second kappa shape index (κ2) is 7.44. The van der Waals surface area contributed by atoms with Crippen molar-refractivity contribution >= 4 is 11.6 Å². The Labute approximate surface area is 153 Å². The molecule has 1 N–H and O–H groups in total. The van der Waals surface area contributed by atoms with Crippen molar-refractivity contribution in [3.8, 4) is 5.75 Å². The average molecular weight is 350 g/mol. The zero-order valence-electron chi connectivity index (χ0n) is 15.4. The third-order valence-electron chi connectivity index (χ3n) is 4.30. The second-order valence-electron chi connectivity index (χ2n) is 6.39. The lowest BCUT2D eigenvalue weighted by molar-refractivity contribution is 0.102. The number of nitrogens with one attached hydrogen (secondary N) is 1. The number of benzene rings is 2. The molecule has 1 aromatic heterocycles. The summed E-state index contributed by atoms with van der Waals surface area (Å²) in [6.07, 6.45) is 0. The van der Waals surface area contributed by atoms with Gasteiger partial charge in [0.25, 0.3) is 5.91 Å². The summed E-state index contributed by atoms with van der Waals surface area (Å²) in [5.41, 5.74) is 5.22. The zero-order chi connectivity index (χ0) is 18.7. The summed E-state index contributed by atoms with van der Waals surface area (Å²) in [6.45, 7) is 8.05. The van der Waals surface area contributed by atoms with E-state index in [9.17, 15) is 4.79 Å². The molecule has 0 saturated heterocycles. The largest absolute Gasteiger partial charge is 0.489 e. The second-order valence-corrected chi connectivity index (χ2v) is 6.39. The quantitative estimate of drug-likeness (QED) is 0.722. The Morgan fingerprint density at radius 3 is 2.65 bits per heavy atom. The van der Waals surface area contributed by atoms with Crippen LogP contribution >= 0.6 is 0 Å². The van der Waals surface area contributed by atoms with Gasteiger partial charge in [0, 0.05) is 11.3 Å². The molecule has 1 heterocycles. The predicted octanol–water partition coefficient (Wildman–Crippen LogP) is 4.74. The lowest BCUT2D eigenvalue weighted by atomic mass is 10.1. The third-order valence-corrected chi connectivity index (χ3v) is 4.30. The maximum atomic E-state index is 12.6. The summed E-state index contributed by atoms with van der Waals surface area (Å²) in [5, 5.41) is 6.88. The van der Waals surface area contributed by atoms with Gasteiger partial charge in [-0.15, -0.1) is 0 Å². The fourth-order valence-electron chi connectivity index (χ4n) is 2.66. The smallest absolute Gasteiger partial charge is 0.255 e. The molecule has 26 heavy (non-hydrogen) atoms. The van der Waals surface area contributed by atoms with Gasteiger partial charge in [0.15, 0.2) is 0 Å². The molecule has 0 atom stereocenters. The molecule has 0 radical (unpaired) electrons. The first-order valence-electron chi connectivity index (χ1n) is 8.47. The predicted molar refractivity (Wildman–Crippen MR) is 101 cm³/mol. The van der Waals surface area contributed by atoms with Gasteiger partial charge < -0.3 is 14.6 Å². The van der Waals surface area contributed by atoms with Gasteiger partial charge in [0.05, 0.1) is 11.3 Å². The summed E-state index contributed by atoms with van der Waals surface area (Å²) in [5.74, 6) is 1.20. The molecule has 0 fully saturated rings. The first-order chi connectivity index (χ1) is 12.4. The molecule has 3 rings (SSSR count). The fraction of sp³-hybridized carbons (Fsp3) is 0.238. The molecule has 0 spiro atoms.